The van der Waals surface area contributed by atoms with E-state index >= 15 is 0 Å². The third kappa shape index (κ3) is 3.89. The van der Waals surface area contributed by atoms with Crippen LogP contribution in [0.3, 0.4) is 0 Å². The maximum Gasteiger partial charge on any atom is 0.289 e. The number of fused-ring (bicyclic) bond motifs is 4. The molecular formula is C20H29N3O4. The van der Waals surface area contributed by atoms with E-state index in [9.17, 15) is 9.59 Å². The van der Waals surface area contributed by atoms with E-state index in [4.69, 9.17) is 9.15 Å². The van der Waals surface area contributed by atoms with Crippen LogP contribution in [0.2, 0.25) is 0 Å². The molecule has 0 radical (unpaired) electrons. The first kappa shape index (κ1) is 18.5. The van der Waals surface area contributed by atoms with Gasteiger partial charge in [0.05, 0.1) is 19.1 Å². The van der Waals surface area contributed by atoms with Gasteiger partial charge in [-0.15, -0.1) is 0 Å². The highest BCUT2D eigenvalue weighted by molar-refractivity contribution is 5.92. The second-order valence-electron chi connectivity index (χ2n) is 7.91. The van der Waals surface area contributed by atoms with Crippen LogP contribution in [0.5, 0.6) is 0 Å². The summed E-state index contributed by atoms with van der Waals surface area (Å²) in [6.45, 7) is 5.15. The molecule has 0 unspecified atom stereocenters. The van der Waals surface area contributed by atoms with E-state index in [-0.39, 0.29) is 23.8 Å². The second-order valence-corrected chi connectivity index (χ2v) is 7.91. The van der Waals surface area contributed by atoms with Crippen LogP contribution in [0.4, 0.5) is 0 Å². The van der Waals surface area contributed by atoms with Crippen LogP contribution in [0.15, 0.2) is 16.5 Å². The van der Waals surface area contributed by atoms with Gasteiger partial charge in [0, 0.05) is 32.8 Å². The number of rotatable bonds is 6. The van der Waals surface area contributed by atoms with Gasteiger partial charge in [0.15, 0.2) is 5.76 Å². The van der Waals surface area contributed by atoms with Crippen molar-refractivity contribution in [2.24, 2.45) is 5.92 Å². The second kappa shape index (κ2) is 8.02. The Morgan fingerprint density at radius 2 is 2.04 bits per heavy atom. The van der Waals surface area contributed by atoms with Gasteiger partial charge in [-0.2, -0.15) is 0 Å². The van der Waals surface area contributed by atoms with Crippen molar-refractivity contribution >= 4 is 11.8 Å². The molecule has 27 heavy (non-hydrogen) atoms. The number of methoxy groups -OCH3 is 1. The number of furan rings is 1. The number of nitrogens with zero attached hydrogens (tertiary/aromatic N) is 3. The first-order valence-electron chi connectivity index (χ1n) is 10.1. The van der Waals surface area contributed by atoms with Crippen LogP contribution in [0, 0.1) is 5.92 Å². The lowest BCUT2D eigenvalue weighted by atomic mass is 9.94. The Bertz CT molecular complexity index is 683. The molecule has 4 aliphatic rings. The molecule has 4 fully saturated rings. The van der Waals surface area contributed by atoms with Crippen LogP contribution in [0.1, 0.15) is 42.0 Å². The molecule has 2 bridgehead atoms. The summed E-state index contributed by atoms with van der Waals surface area (Å²) >= 11 is 0. The van der Waals surface area contributed by atoms with E-state index in [1.807, 2.05) is 15.9 Å². The number of piperidine rings is 1. The average molecular weight is 375 g/mol. The van der Waals surface area contributed by atoms with Crippen molar-refractivity contribution in [1.82, 2.24) is 14.7 Å². The summed E-state index contributed by atoms with van der Waals surface area (Å²) in [5.41, 5.74) is 0. The first-order valence-corrected chi connectivity index (χ1v) is 10.1. The molecule has 4 saturated heterocycles. The van der Waals surface area contributed by atoms with Gasteiger partial charge in [-0.3, -0.25) is 14.5 Å². The molecule has 5 rings (SSSR count). The highest BCUT2D eigenvalue weighted by atomic mass is 16.5. The quantitative estimate of drug-likeness (QED) is 0.755. The fraction of sp³-hybridized carbons (Fsp3) is 0.700. The zero-order chi connectivity index (χ0) is 18.8. The van der Waals surface area contributed by atoms with Gasteiger partial charge in [0.25, 0.3) is 5.91 Å². The predicted octanol–water partition coefficient (Wildman–Crippen LogP) is 1.58. The van der Waals surface area contributed by atoms with Crippen LogP contribution >= 0.6 is 0 Å². The lowest BCUT2D eigenvalue weighted by Gasteiger charge is -2.35. The normalized spacial score (nSPS) is 26.0. The predicted molar refractivity (Wildman–Crippen MR) is 99.2 cm³/mol. The van der Waals surface area contributed by atoms with Crippen LogP contribution in [0.25, 0.3) is 0 Å². The molecule has 0 spiro atoms. The number of likely N-dealkylation sites (tertiary alicyclic amines) is 1. The highest BCUT2D eigenvalue weighted by Crippen LogP contribution is 2.30. The van der Waals surface area contributed by atoms with E-state index in [0.29, 0.717) is 32.0 Å². The van der Waals surface area contributed by atoms with E-state index in [2.05, 4.69) is 4.90 Å². The molecule has 0 aromatic carbocycles. The van der Waals surface area contributed by atoms with Crippen molar-refractivity contribution in [3.63, 3.8) is 0 Å². The number of carbonyl (C=O) groups is 2. The van der Waals surface area contributed by atoms with E-state index in [1.54, 1.807) is 13.2 Å². The minimum Gasteiger partial charge on any atom is -0.455 e. The van der Waals surface area contributed by atoms with Gasteiger partial charge in [0.2, 0.25) is 5.91 Å². The fourth-order valence-electron chi connectivity index (χ4n) is 4.58. The summed E-state index contributed by atoms with van der Waals surface area (Å²) in [5, 5.41) is 0. The maximum atomic E-state index is 13.0. The molecule has 7 nitrogen and oxygen atoms in total. The molecule has 0 aliphatic carbocycles. The van der Waals surface area contributed by atoms with Gasteiger partial charge >= 0.3 is 0 Å². The SMILES string of the molecule is COCCN1C(=O)[C@@H]2CC[C@H]1CN(C(=O)c1ccc(CN3CCCC3)o1)C2. The van der Waals surface area contributed by atoms with Crippen molar-refractivity contribution in [1.29, 1.82) is 0 Å². The van der Waals surface area contributed by atoms with E-state index < -0.39 is 0 Å². The number of carbonyl (C=O) groups excluding carboxylic acids is 2. The van der Waals surface area contributed by atoms with Gasteiger partial charge in [-0.05, 0) is 50.9 Å². The van der Waals surface area contributed by atoms with Crippen molar-refractivity contribution in [2.75, 3.05) is 46.4 Å². The summed E-state index contributed by atoms with van der Waals surface area (Å²) in [4.78, 5) is 31.8. The molecule has 148 valence electrons. The van der Waals surface area contributed by atoms with Crippen molar-refractivity contribution < 1.29 is 18.7 Å². The molecular weight excluding hydrogens is 346 g/mol. The van der Waals surface area contributed by atoms with Crippen LogP contribution in [-0.4, -0.2) is 79.0 Å². The Morgan fingerprint density at radius 1 is 1.22 bits per heavy atom. The minimum atomic E-state index is -0.108. The molecule has 1 aromatic rings. The Balaban J connectivity index is 1.43. The summed E-state index contributed by atoms with van der Waals surface area (Å²) in [5.74, 6) is 1.19. The Kier molecular flexibility index (Phi) is 5.50. The van der Waals surface area contributed by atoms with E-state index in [1.165, 1.54) is 12.8 Å². The van der Waals surface area contributed by atoms with Gasteiger partial charge in [-0.25, -0.2) is 0 Å². The highest BCUT2D eigenvalue weighted by Gasteiger charge is 2.42. The third-order valence-electron chi connectivity index (χ3n) is 6.07. The smallest absolute Gasteiger partial charge is 0.289 e. The Morgan fingerprint density at radius 3 is 2.81 bits per heavy atom. The van der Waals surface area contributed by atoms with Crippen LogP contribution in [-0.2, 0) is 16.1 Å². The summed E-state index contributed by atoms with van der Waals surface area (Å²) in [6.07, 6.45) is 4.27. The van der Waals surface area contributed by atoms with Gasteiger partial charge in [-0.1, -0.05) is 0 Å². The monoisotopic (exact) mass is 375 g/mol. The number of hydrogen-bond donors (Lipinski definition) is 0. The summed E-state index contributed by atoms with van der Waals surface area (Å²) < 4.78 is 11.0. The average Bonchev–Trinajstić information content (AvgIpc) is 3.27. The topological polar surface area (TPSA) is 66.2 Å². The molecule has 1 aromatic heterocycles. The molecule has 0 N–H and O–H groups in total. The van der Waals surface area contributed by atoms with Crippen LogP contribution < -0.4 is 0 Å². The number of hydrogen-bond acceptors (Lipinski definition) is 5. The van der Waals surface area contributed by atoms with Gasteiger partial charge < -0.3 is 19.0 Å². The zero-order valence-corrected chi connectivity index (χ0v) is 16.1. The molecule has 5 heterocycles. The Hall–Kier alpha value is -1.86. The Labute approximate surface area is 160 Å². The fourth-order valence-corrected chi connectivity index (χ4v) is 4.58. The van der Waals surface area contributed by atoms with Crippen molar-refractivity contribution in [3.05, 3.63) is 23.7 Å². The summed E-state index contributed by atoms with van der Waals surface area (Å²) in [7, 11) is 1.65. The molecule has 2 amide bonds. The molecule has 4 aliphatic heterocycles. The summed E-state index contributed by atoms with van der Waals surface area (Å²) in [6, 6.07) is 3.77. The lowest BCUT2D eigenvalue weighted by Crippen LogP contribution is -2.49. The van der Waals surface area contributed by atoms with E-state index in [0.717, 1.165) is 38.2 Å². The lowest BCUT2D eigenvalue weighted by molar-refractivity contribution is -0.140. The molecule has 7 heteroatoms. The largest absolute Gasteiger partial charge is 0.455 e. The van der Waals surface area contributed by atoms with Crippen molar-refractivity contribution in [2.45, 2.75) is 38.3 Å². The zero-order valence-electron chi connectivity index (χ0n) is 16.1. The number of amides is 2. The number of ether oxygens (including phenoxy) is 1. The standard InChI is InChI=1S/C20H29N3O4/c1-26-11-10-23-16-5-4-15(19(23)24)12-22(13-16)20(25)18-7-6-17(27-18)14-21-8-2-3-9-21/h6-7,15-16H,2-5,8-14H2,1H3/t15-,16+/m1/s1. The molecule has 2 atom stereocenters. The first-order chi connectivity index (χ1) is 13.2. The minimum absolute atomic E-state index is 0.0781. The molecule has 0 saturated carbocycles. The maximum absolute atomic E-state index is 13.0. The third-order valence-corrected chi connectivity index (χ3v) is 6.07. The van der Waals surface area contributed by atoms with Crippen molar-refractivity contribution in [3.8, 4) is 0 Å². The van der Waals surface area contributed by atoms with Gasteiger partial charge in [0.1, 0.15) is 5.76 Å².